The molecular weight excluding hydrogens is 563 g/mol. The lowest BCUT2D eigenvalue weighted by Crippen LogP contribution is -2.54. The first-order valence-electron chi connectivity index (χ1n) is 14.8. The number of carbonyl (C=O) groups excluding carboxylic acids is 1. The molecule has 8 rings (SSSR count). The van der Waals surface area contributed by atoms with Crippen molar-refractivity contribution in [3.05, 3.63) is 72.3 Å². The number of rotatable bonds is 5. The van der Waals surface area contributed by atoms with Crippen LogP contribution < -0.4 is 10.1 Å². The highest BCUT2D eigenvalue weighted by Gasteiger charge is 2.44. The number of pyridine rings is 2. The molecule has 4 aromatic heterocycles. The van der Waals surface area contributed by atoms with Crippen molar-refractivity contribution in [3.63, 3.8) is 0 Å². The smallest absolute Gasteiger partial charge is 0.410 e. The molecule has 1 saturated carbocycles. The van der Waals surface area contributed by atoms with Crippen LogP contribution in [0, 0.1) is 18.7 Å². The van der Waals surface area contributed by atoms with Crippen LogP contribution in [-0.4, -0.2) is 58.7 Å². The van der Waals surface area contributed by atoms with E-state index in [1.807, 2.05) is 37.8 Å². The van der Waals surface area contributed by atoms with Crippen molar-refractivity contribution in [1.29, 1.82) is 0 Å². The average molecular weight is 597 g/mol. The van der Waals surface area contributed by atoms with Gasteiger partial charge in [-0.15, -0.1) is 0 Å². The number of carbonyl (C=O) groups is 1. The zero-order valence-electron chi connectivity index (χ0n) is 25.0. The summed E-state index contributed by atoms with van der Waals surface area (Å²) in [4.78, 5) is 32.7. The van der Waals surface area contributed by atoms with Crippen LogP contribution in [0.4, 0.5) is 20.7 Å². The normalized spacial score (nSPS) is 19.8. The maximum absolute atomic E-state index is 15.7. The van der Waals surface area contributed by atoms with Gasteiger partial charge in [0.05, 0.1) is 11.2 Å². The number of piperidine rings is 2. The van der Waals surface area contributed by atoms with Crippen LogP contribution in [0.3, 0.4) is 0 Å². The number of hydrogen-bond acceptors (Lipinski definition) is 9. The standard InChI is InChI=1S/C32H33FN8O3/c1-18-26(43-21-11-12-41-27(14-21)35-17-37-41)10-9-24(28(18)33)39-30-29-25(34-16-36-30)8-7-23(38-29)22-13-20-6-5-19(22)15-40(20)31(42)44-32(2,3)4/h7-12,14,16-17,19-20,22H,5-6,13,15H2,1-4H3,(H,34,36,39)/t19-,20-,22+/m1/s1. The van der Waals surface area contributed by atoms with E-state index in [9.17, 15) is 4.79 Å². The number of anilines is 2. The summed E-state index contributed by atoms with van der Waals surface area (Å²) >= 11 is 0. The number of aromatic nitrogens is 6. The van der Waals surface area contributed by atoms with Crippen LogP contribution in [0.25, 0.3) is 16.7 Å². The number of nitrogens with one attached hydrogen (secondary N) is 1. The first kappa shape index (κ1) is 27.9. The molecule has 12 heteroatoms. The van der Waals surface area contributed by atoms with Crippen molar-refractivity contribution in [2.24, 2.45) is 5.92 Å². The monoisotopic (exact) mass is 596 g/mol. The van der Waals surface area contributed by atoms with Gasteiger partial charge in [-0.1, -0.05) is 0 Å². The third kappa shape index (κ3) is 5.24. The van der Waals surface area contributed by atoms with Crippen molar-refractivity contribution in [2.75, 3.05) is 11.9 Å². The highest BCUT2D eigenvalue weighted by molar-refractivity contribution is 5.87. The molecule has 44 heavy (non-hydrogen) atoms. The molecule has 1 aromatic carbocycles. The number of hydrogen-bond donors (Lipinski definition) is 1. The van der Waals surface area contributed by atoms with E-state index < -0.39 is 11.4 Å². The van der Waals surface area contributed by atoms with E-state index in [0.717, 1.165) is 25.0 Å². The minimum Gasteiger partial charge on any atom is -0.457 e. The third-order valence-electron chi connectivity index (χ3n) is 8.42. The highest BCUT2D eigenvalue weighted by atomic mass is 19.1. The summed E-state index contributed by atoms with van der Waals surface area (Å²) in [6, 6.07) is 10.9. The molecule has 226 valence electrons. The van der Waals surface area contributed by atoms with E-state index in [1.165, 1.54) is 12.7 Å². The Morgan fingerprint density at radius 3 is 2.73 bits per heavy atom. The number of ether oxygens (including phenoxy) is 2. The van der Waals surface area contributed by atoms with Gasteiger partial charge in [0.2, 0.25) is 0 Å². The average Bonchev–Trinajstić information content (AvgIpc) is 3.48. The summed E-state index contributed by atoms with van der Waals surface area (Å²) in [5.41, 5.74) is 2.84. The maximum Gasteiger partial charge on any atom is 0.410 e. The summed E-state index contributed by atoms with van der Waals surface area (Å²) in [7, 11) is 0. The van der Waals surface area contributed by atoms with Gasteiger partial charge in [0.15, 0.2) is 17.3 Å². The fourth-order valence-electron chi connectivity index (χ4n) is 6.26. The van der Waals surface area contributed by atoms with Gasteiger partial charge in [-0.3, -0.25) is 0 Å². The number of amides is 1. The first-order chi connectivity index (χ1) is 21.1. The molecule has 0 spiro atoms. The van der Waals surface area contributed by atoms with Gasteiger partial charge in [0.1, 0.15) is 35.3 Å². The number of nitrogens with zero attached hydrogens (tertiary/aromatic N) is 7. The molecule has 11 nitrogen and oxygen atoms in total. The van der Waals surface area contributed by atoms with Gasteiger partial charge >= 0.3 is 6.09 Å². The van der Waals surface area contributed by atoms with E-state index in [-0.39, 0.29) is 29.7 Å². The van der Waals surface area contributed by atoms with Crippen LogP contribution in [-0.2, 0) is 4.74 Å². The Morgan fingerprint density at radius 2 is 1.93 bits per heavy atom. The zero-order valence-corrected chi connectivity index (χ0v) is 25.0. The second-order valence-electron chi connectivity index (χ2n) is 12.5. The van der Waals surface area contributed by atoms with E-state index >= 15 is 4.39 Å². The molecule has 2 saturated heterocycles. The predicted molar refractivity (Wildman–Crippen MR) is 162 cm³/mol. The molecule has 3 atom stereocenters. The van der Waals surface area contributed by atoms with E-state index in [2.05, 4.69) is 25.4 Å². The van der Waals surface area contributed by atoms with Gasteiger partial charge in [0, 0.05) is 42.0 Å². The molecule has 3 aliphatic rings. The summed E-state index contributed by atoms with van der Waals surface area (Å²) in [5, 5.41) is 7.22. The van der Waals surface area contributed by atoms with Gasteiger partial charge < -0.3 is 19.7 Å². The first-order valence-corrected chi connectivity index (χ1v) is 14.8. The van der Waals surface area contributed by atoms with Crippen molar-refractivity contribution in [1.82, 2.24) is 34.4 Å². The van der Waals surface area contributed by atoms with Gasteiger partial charge in [-0.25, -0.2) is 33.6 Å². The van der Waals surface area contributed by atoms with Gasteiger partial charge in [-0.05, 0) is 83.2 Å². The Kier molecular flexibility index (Phi) is 6.79. The van der Waals surface area contributed by atoms with Crippen molar-refractivity contribution in [3.8, 4) is 11.5 Å². The Morgan fingerprint density at radius 1 is 1.07 bits per heavy atom. The van der Waals surface area contributed by atoms with E-state index in [4.69, 9.17) is 14.5 Å². The minimum absolute atomic E-state index is 0.109. The van der Waals surface area contributed by atoms with E-state index in [0.29, 0.717) is 46.1 Å². The molecule has 5 aromatic rings. The van der Waals surface area contributed by atoms with Crippen LogP contribution in [0.1, 0.15) is 57.2 Å². The second-order valence-corrected chi connectivity index (χ2v) is 12.5. The van der Waals surface area contributed by atoms with E-state index in [1.54, 1.807) is 41.9 Å². The van der Waals surface area contributed by atoms with Crippen LogP contribution in [0.5, 0.6) is 11.5 Å². The molecular formula is C32H33FN8O3. The summed E-state index contributed by atoms with van der Waals surface area (Å²) < 4.78 is 28.9. The zero-order chi connectivity index (χ0) is 30.6. The number of fused-ring (bicyclic) bond motifs is 5. The Hall–Kier alpha value is -4.87. The molecule has 0 radical (unpaired) electrons. The Labute approximate surface area is 253 Å². The van der Waals surface area contributed by atoms with Gasteiger partial charge in [0.25, 0.3) is 0 Å². The molecule has 3 fully saturated rings. The molecule has 2 aliphatic heterocycles. The topological polar surface area (TPSA) is 120 Å². The maximum atomic E-state index is 15.7. The summed E-state index contributed by atoms with van der Waals surface area (Å²) in [6.07, 6.45) is 7.18. The van der Waals surface area contributed by atoms with Gasteiger partial charge in [-0.2, -0.15) is 5.10 Å². The van der Waals surface area contributed by atoms with Crippen molar-refractivity contribution >= 4 is 34.3 Å². The Bertz CT molecular complexity index is 1890. The highest BCUT2D eigenvalue weighted by Crippen LogP contribution is 2.45. The summed E-state index contributed by atoms with van der Waals surface area (Å²) in [5.74, 6) is 1.34. The van der Waals surface area contributed by atoms with Crippen LogP contribution in [0.15, 0.2) is 55.2 Å². The molecule has 0 unspecified atom stereocenters. The van der Waals surface area contributed by atoms with Crippen molar-refractivity contribution < 1.29 is 18.7 Å². The fraction of sp³-hybridized carbons (Fsp3) is 0.375. The minimum atomic E-state index is -0.532. The molecule has 1 aliphatic carbocycles. The quantitative estimate of drug-likeness (QED) is 0.241. The lowest BCUT2D eigenvalue weighted by atomic mass is 9.70. The predicted octanol–water partition coefficient (Wildman–Crippen LogP) is 6.55. The Balaban J connectivity index is 1.12. The SMILES string of the molecule is Cc1c(Oc2ccn3ncnc3c2)ccc(Nc2ncnc3ccc([C@H]4C[C@H]5CC[C@@H]4CN5C(=O)OC(C)(C)C)nc23)c1F. The van der Waals surface area contributed by atoms with Crippen LogP contribution in [0.2, 0.25) is 0 Å². The lowest BCUT2D eigenvalue weighted by molar-refractivity contribution is -0.0183. The number of halogens is 1. The molecule has 1 N–H and O–H groups in total. The molecule has 2 bridgehead atoms. The lowest BCUT2D eigenvalue weighted by Gasteiger charge is -2.49. The second kappa shape index (κ2) is 10.7. The summed E-state index contributed by atoms with van der Waals surface area (Å²) in [6.45, 7) is 7.98. The van der Waals surface area contributed by atoms with Crippen LogP contribution >= 0.6 is 0 Å². The van der Waals surface area contributed by atoms with Crippen molar-refractivity contribution in [2.45, 2.75) is 64.5 Å². The molecule has 6 heterocycles. The largest absolute Gasteiger partial charge is 0.457 e. The number of benzene rings is 1. The molecule has 1 amide bonds. The third-order valence-corrected chi connectivity index (χ3v) is 8.42. The fourth-order valence-corrected chi connectivity index (χ4v) is 6.26.